The van der Waals surface area contributed by atoms with Crippen molar-refractivity contribution < 1.29 is 14.3 Å². The normalized spacial score (nSPS) is 22.4. The van der Waals surface area contributed by atoms with E-state index in [1.807, 2.05) is 19.0 Å². The summed E-state index contributed by atoms with van der Waals surface area (Å²) in [6.45, 7) is 4.98. The zero-order valence-electron chi connectivity index (χ0n) is 18.7. The first-order valence-corrected chi connectivity index (χ1v) is 11.0. The van der Waals surface area contributed by atoms with Gasteiger partial charge in [0, 0.05) is 59.8 Å². The maximum atomic E-state index is 12.8. The van der Waals surface area contributed by atoms with Crippen LogP contribution >= 0.6 is 24.0 Å². The van der Waals surface area contributed by atoms with Gasteiger partial charge in [0.15, 0.2) is 5.96 Å². The number of guanidine groups is 1. The number of hydrogen-bond donors (Lipinski definition) is 1. The minimum absolute atomic E-state index is 0. The van der Waals surface area contributed by atoms with Crippen molar-refractivity contribution in [3.63, 3.8) is 0 Å². The third-order valence-electron chi connectivity index (χ3n) is 6.68. The summed E-state index contributed by atoms with van der Waals surface area (Å²) in [7, 11) is 5.48. The molecule has 1 aliphatic carbocycles. The molecule has 9 heteroatoms. The van der Waals surface area contributed by atoms with Crippen LogP contribution in [-0.2, 0) is 14.3 Å². The maximum absolute atomic E-state index is 12.8. The van der Waals surface area contributed by atoms with Gasteiger partial charge in [-0.3, -0.25) is 14.6 Å². The van der Waals surface area contributed by atoms with Crippen LogP contribution in [-0.4, -0.2) is 99.6 Å². The Morgan fingerprint density at radius 1 is 1.07 bits per heavy atom. The van der Waals surface area contributed by atoms with E-state index in [9.17, 15) is 9.59 Å². The molecule has 2 amide bonds. The van der Waals surface area contributed by atoms with Crippen molar-refractivity contribution in [2.45, 2.75) is 38.5 Å². The van der Waals surface area contributed by atoms with Gasteiger partial charge in [0.05, 0.1) is 18.6 Å². The first-order valence-electron chi connectivity index (χ1n) is 11.0. The first kappa shape index (κ1) is 25.2. The second-order valence-electron chi connectivity index (χ2n) is 8.79. The van der Waals surface area contributed by atoms with Crippen LogP contribution in [0.5, 0.6) is 0 Å². The van der Waals surface area contributed by atoms with Crippen LogP contribution in [0.1, 0.15) is 38.5 Å². The van der Waals surface area contributed by atoms with Crippen molar-refractivity contribution in [3.05, 3.63) is 0 Å². The Morgan fingerprint density at radius 3 is 2.20 bits per heavy atom. The molecule has 2 saturated heterocycles. The van der Waals surface area contributed by atoms with Crippen LogP contribution in [0.3, 0.4) is 0 Å². The summed E-state index contributed by atoms with van der Waals surface area (Å²) in [6, 6.07) is 0. The van der Waals surface area contributed by atoms with E-state index in [1.54, 1.807) is 11.9 Å². The topological polar surface area (TPSA) is 77.5 Å². The fourth-order valence-electron chi connectivity index (χ4n) is 4.95. The van der Waals surface area contributed by atoms with Crippen molar-refractivity contribution in [2.75, 3.05) is 67.1 Å². The van der Waals surface area contributed by atoms with Gasteiger partial charge in [0.25, 0.3) is 0 Å². The van der Waals surface area contributed by atoms with Gasteiger partial charge < -0.3 is 24.8 Å². The number of nitrogens with one attached hydrogen (secondary N) is 1. The molecular formula is C21H38IN5O3. The molecule has 172 valence electrons. The Kier molecular flexibility index (Phi) is 9.65. The summed E-state index contributed by atoms with van der Waals surface area (Å²) >= 11 is 0. The molecule has 0 aromatic rings. The van der Waals surface area contributed by atoms with Gasteiger partial charge in [0.1, 0.15) is 0 Å². The van der Waals surface area contributed by atoms with Gasteiger partial charge in [-0.2, -0.15) is 0 Å². The Bertz CT molecular complexity index is 608. The predicted molar refractivity (Wildman–Crippen MR) is 128 cm³/mol. The second kappa shape index (κ2) is 11.5. The fraction of sp³-hybridized carbons (Fsp3) is 0.857. The number of aliphatic imine (C=N–C) groups is 1. The molecule has 0 unspecified atom stereocenters. The highest BCUT2D eigenvalue weighted by molar-refractivity contribution is 14.0. The molecule has 3 fully saturated rings. The predicted octanol–water partition coefficient (Wildman–Crippen LogP) is 1.40. The highest BCUT2D eigenvalue weighted by Gasteiger charge is 2.42. The maximum Gasteiger partial charge on any atom is 0.230 e. The summed E-state index contributed by atoms with van der Waals surface area (Å²) in [5.74, 6) is 1.43. The lowest BCUT2D eigenvalue weighted by atomic mass is 9.84. The van der Waals surface area contributed by atoms with Crippen molar-refractivity contribution >= 4 is 41.8 Å². The lowest BCUT2D eigenvalue weighted by Crippen LogP contribution is -2.53. The molecule has 0 radical (unpaired) electrons. The number of carbonyl (C=O) groups excluding carboxylic acids is 2. The molecule has 2 heterocycles. The smallest absolute Gasteiger partial charge is 0.230 e. The number of rotatable bonds is 4. The van der Waals surface area contributed by atoms with Gasteiger partial charge in [-0.15, -0.1) is 24.0 Å². The number of amides is 2. The number of morpholine rings is 1. The van der Waals surface area contributed by atoms with E-state index < -0.39 is 0 Å². The molecule has 0 aromatic heterocycles. The van der Waals surface area contributed by atoms with E-state index >= 15 is 0 Å². The quantitative estimate of drug-likeness (QED) is 0.335. The summed E-state index contributed by atoms with van der Waals surface area (Å²) in [5.41, 5.74) is -0.315. The van der Waals surface area contributed by atoms with E-state index in [0.29, 0.717) is 32.8 Å². The van der Waals surface area contributed by atoms with E-state index in [1.165, 1.54) is 0 Å². The molecule has 0 aromatic carbocycles. The van der Waals surface area contributed by atoms with Crippen LogP contribution in [0.15, 0.2) is 4.99 Å². The summed E-state index contributed by atoms with van der Waals surface area (Å²) in [4.78, 5) is 35.9. The standard InChI is InChI=1S/C21H37N5O3.HI/c1-22-20(23-16-21(8-4-5-9-21)19(28)24(2)3)26-10-6-17(7-11-26)18(27)25-12-14-29-15-13-25;/h17H,4-16H2,1-3H3,(H,22,23);1H. The van der Waals surface area contributed by atoms with Crippen LogP contribution < -0.4 is 5.32 Å². The summed E-state index contributed by atoms with van der Waals surface area (Å²) in [6.07, 6.45) is 5.77. The summed E-state index contributed by atoms with van der Waals surface area (Å²) in [5, 5.41) is 3.48. The molecule has 1 N–H and O–H groups in total. The Morgan fingerprint density at radius 2 is 1.67 bits per heavy atom. The molecule has 0 bridgehead atoms. The Labute approximate surface area is 197 Å². The number of ether oxygens (including phenoxy) is 1. The Hall–Kier alpha value is -1.10. The van der Waals surface area contributed by atoms with Crippen molar-refractivity contribution in [1.29, 1.82) is 0 Å². The van der Waals surface area contributed by atoms with Crippen LogP contribution in [0.25, 0.3) is 0 Å². The molecule has 2 aliphatic heterocycles. The second-order valence-corrected chi connectivity index (χ2v) is 8.79. The van der Waals surface area contributed by atoms with Gasteiger partial charge in [-0.25, -0.2) is 0 Å². The molecule has 8 nitrogen and oxygen atoms in total. The van der Waals surface area contributed by atoms with Gasteiger partial charge in [-0.05, 0) is 25.7 Å². The van der Waals surface area contributed by atoms with E-state index in [2.05, 4.69) is 15.2 Å². The zero-order valence-corrected chi connectivity index (χ0v) is 21.0. The number of hydrogen-bond acceptors (Lipinski definition) is 4. The zero-order chi connectivity index (χ0) is 20.9. The minimum atomic E-state index is -0.315. The third-order valence-corrected chi connectivity index (χ3v) is 6.68. The highest BCUT2D eigenvalue weighted by atomic mass is 127. The van der Waals surface area contributed by atoms with Crippen LogP contribution in [0, 0.1) is 11.3 Å². The minimum Gasteiger partial charge on any atom is -0.378 e. The molecule has 0 spiro atoms. The largest absolute Gasteiger partial charge is 0.378 e. The van der Waals surface area contributed by atoms with E-state index in [0.717, 1.165) is 57.6 Å². The Balaban J connectivity index is 0.00000320. The highest BCUT2D eigenvalue weighted by Crippen LogP contribution is 2.39. The van der Waals surface area contributed by atoms with Crippen molar-refractivity contribution in [3.8, 4) is 0 Å². The fourth-order valence-corrected chi connectivity index (χ4v) is 4.95. The van der Waals surface area contributed by atoms with Crippen LogP contribution in [0.2, 0.25) is 0 Å². The average molecular weight is 535 g/mol. The monoisotopic (exact) mass is 535 g/mol. The lowest BCUT2D eigenvalue weighted by molar-refractivity contribution is -0.141. The molecule has 30 heavy (non-hydrogen) atoms. The number of carbonyl (C=O) groups is 2. The molecule has 0 atom stereocenters. The first-order chi connectivity index (χ1) is 14.0. The molecule has 1 saturated carbocycles. The third kappa shape index (κ3) is 5.77. The molecule has 3 aliphatic rings. The summed E-state index contributed by atoms with van der Waals surface area (Å²) < 4.78 is 5.36. The van der Waals surface area contributed by atoms with E-state index in [-0.39, 0.29) is 47.1 Å². The van der Waals surface area contributed by atoms with Gasteiger partial charge in [0.2, 0.25) is 11.8 Å². The number of nitrogens with zero attached hydrogens (tertiary/aromatic N) is 4. The average Bonchev–Trinajstić information content (AvgIpc) is 3.24. The van der Waals surface area contributed by atoms with Gasteiger partial charge in [-0.1, -0.05) is 12.8 Å². The van der Waals surface area contributed by atoms with Gasteiger partial charge >= 0.3 is 0 Å². The number of piperidine rings is 1. The van der Waals surface area contributed by atoms with E-state index in [4.69, 9.17) is 4.74 Å². The number of likely N-dealkylation sites (tertiary alicyclic amines) is 1. The van der Waals surface area contributed by atoms with Crippen molar-refractivity contribution in [2.24, 2.45) is 16.3 Å². The number of halogens is 1. The van der Waals surface area contributed by atoms with Crippen molar-refractivity contribution in [1.82, 2.24) is 20.0 Å². The van der Waals surface area contributed by atoms with Crippen LogP contribution in [0.4, 0.5) is 0 Å². The molecular weight excluding hydrogens is 497 g/mol. The molecule has 3 rings (SSSR count). The SMILES string of the molecule is CN=C(NCC1(C(=O)N(C)C)CCCC1)N1CCC(C(=O)N2CCOCC2)CC1.I. The lowest BCUT2D eigenvalue weighted by Gasteiger charge is -2.38.